The molecule has 1 heterocycles. The molecule has 0 fully saturated rings. The van der Waals surface area contributed by atoms with Gasteiger partial charge in [-0.1, -0.05) is 194 Å². The summed E-state index contributed by atoms with van der Waals surface area (Å²) in [5, 5.41) is 23.1. The van der Waals surface area contributed by atoms with Crippen LogP contribution in [0.3, 0.4) is 0 Å². The van der Waals surface area contributed by atoms with E-state index in [4.69, 9.17) is 4.42 Å². The van der Waals surface area contributed by atoms with Crippen molar-refractivity contribution in [2.45, 2.75) is 0 Å². The highest BCUT2D eigenvalue weighted by Gasteiger charge is 2.27. The van der Waals surface area contributed by atoms with Crippen molar-refractivity contribution in [3.05, 3.63) is 218 Å². The molecule has 0 aliphatic heterocycles. The van der Waals surface area contributed by atoms with Crippen molar-refractivity contribution < 1.29 is 4.42 Å². The molecule has 0 spiro atoms. The van der Waals surface area contributed by atoms with Crippen molar-refractivity contribution in [2.75, 3.05) is 0 Å². The Morgan fingerprint density at radius 3 is 1.51 bits per heavy atom. The van der Waals surface area contributed by atoms with Crippen molar-refractivity contribution in [2.24, 2.45) is 0 Å². The van der Waals surface area contributed by atoms with Gasteiger partial charge in [0.05, 0.1) is 0 Å². The molecule has 0 atom stereocenters. The first-order valence-electron chi connectivity index (χ1n) is 22.6. The van der Waals surface area contributed by atoms with Crippen LogP contribution in [-0.2, 0) is 0 Å². The van der Waals surface area contributed by atoms with E-state index in [1.54, 1.807) is 0 Å². The van der Waals surface area contributed by atoms with Gasteiger partial charge in [-0.25, -0.2) is 0 Å². The summed E-state index contributed by atoms with van der Waals surface area (Å²) in [5.74, 6) is 0. The molecule has 1 aromatic heterocycles. The zero-order chi connectivity index (χ0) is 42.3. The number of hydrogen-bond donors (Lipinski definition) is 0. The molecule has 0 saturated carbocycles. The molecule has 0 radical (unpaired) electrons. The molecule has 298 valence electrons. The van der Waals surface area contributed by atoms with Crippen molar-refractivity contribution in [1.82, 2.24) is 0 Å². The first-order valence-corrected chi connectivity index (χ1v) is 22.6. The molecule has 14 aromatic carbocycles. The topological polar surface area (TPSA) is 13.1 Å². The van der Waals surface area contributed by atoms with E-state index in [1.807, 2.05) is 6.07 Å². The zero-order valence-corrected chi connectivity index (χ0v) is 35.2. The first-order chi connectivity index (χ1) is 32.3. The molecule has 0 amide bonds. The number of rotatable bonds is 4. The van der Waals surface area contributed by atoms with E-state index in [0.29, 0.717) is 0 Å². The number of furan rings is 1. The molecular formula is C64H36O. The van der Waals surface area contributed by atoms with Crippen molar-refractivity contribution >= 4 is 108 Å². The summed E-state index contributed by atoms with van der Waals surface area (Å²) >= 11 is 0. The minimum atomic E-state index is 0.919. The Hall–Kier alpha value is -8.52. The van der Waals surface area contributed by atoms with Crippen LogP contribution in [-0.4, -0.2) is 0 Å². The van der Waals surface area contributed by atoms with Crippen LogP contribution < -0.4 is 0 Å². The number of hydrogen-bond acceptors (Lipinski definition) is 1. The van der Waals surface area contributed by atoms with E-state index >= 15 is 0 Å². The van der Waals surface area contributed by atoms with Crippen molar-refractivity contribution in [3.8, 4) is 44.5 Å². The fourth-order valence-electron chi connectivity index (χ4n) is 11.8. The summed E-state index contributed by atoms with van der Waals surface area (Å²) in [5.41, 5.74) is 11.6. The van der Waals surface area contributed by atoms with E-state index in [2.05, 4.69) is 212 Å². The third-order valence-electron chi connectivity index (χ3n) is 14.5. The molecule has 0 unspecified atom stereocenters. The van der Waals surface area contributed by atoms with Gasteiger partial charge in [-0.15, -0.1) is 0 Å². The van der Waals surface area contributed by atoms with Crippen molar-refractivity contribution in [1.29, 1.82) is 0 Å². The minimum absolute atomic E-state index is 0.919. The Morgan fingerprint density at radius 1 is 0.231 bits per heavy atom. The maximum Gasteiger partial charge on any atom is 0.143 e. The number of para-hydroxylation sites is 2. The van der Waals surface area contributed by atoms with Gasteiger partial charge in [0.2, 0.25) is 0 Å². The lowest BCUT2D eigenvalue weighted by Crippen LogP contribution is -1.91. The second kappa shape index (κ2) is 13.0. The molecule has 15 rings (SSSR count). The van der Waals surface area contributed by atoms with Crippen LogP contribution >= 0.6 is 0 Å². The molecular weight excluding hydrogens is 785 g/mol. The lowest BCUT2D eigenvalue weighted by Gasteiger charge is -2.19. The van der Waals surface area contributed by atoms with Gasteiger partial charge < -0.3 is 4.42 Å². The highest BCUT2D eigenvalue weighted by molar-refractivity contribution is 6.45. The van der Waals surface area contributed by atoms with Crippen LogP contribution in [0.2, 0.25) is 0 Å². The number of fused-ring (bicyclic) bond motifs is 12. The second-order valence-corrected chi connectivity index (χ2v) is 17.8. The van der Waals surface area contributed by atoms with Gasteiger partial charge in [0.15, 0.2) is 0 Å². The first kappa shape index (κ1) is 35.0. The van der Waals surface area contributed by atoms with E-state index in [-0.39, 0.29) is 0 Å². The molecule has 1 heteroatoms. The van der Waals surface area contributed by atoms with Gasteiger partial charge in [0.25, 0.3) is 0 Å². The highest BCUT2D eigenvalue weighted by Crippen LogP contribution is 2.55. The molecule has 0 aliphatic rings. The monoisotopic (exact) mass is 820 g/mol. The van der Waals surface area contributed by atoms with Crippen LogP contribution in [0.1, 0.15) is 0 Å². The third-order valence-corrected chi connectivity index (χ3v) is 14.5. The SMILES string of the molecule is c1ccc(-c2c3cc4c5ccccc5c5cccc(c3c(-c3ccccc3)c3c6cccc7c(-c8ccc9cc(-c%10cccc%11c%10oc%10ccccc%10%11)ccc9c8)ccc(c23)c76)c54)cc1. The summed E-state index contributed by atoms with van der Waals surface area (Å²) in [6.07, 6.45) is 0. The van der Waals surface area contributed by atoms with Gasteiger partial charge in [-0.3, -0.25) is 0 Å². The summed E-state index contributed by atoms with van der Waals surface area (Å²) < 4.78 is 6.45. The predicted molar refractivity (Wildman–Crippen MR) is 278 cm³/mol. The highest BCUT2D eigenvalue weighted by atomic mass is 16.3. The van der Waals surface area contributed by atoms with Gasteiger partial charge in [0, 0.05) is 16.3 Å². The second-order valence-electron chi connectivity index (χ2n) is 17.8. The summed E-state index contributed by atoms with van der Waals surface area (Å²) in [6, 6.07) is 81.0. The molecule has 0 bridgehead atoms. The van der Waals surface area contributed by atoms with Crippen LogP contribution in [0.25, 0.3) is 153 Å². The molecule has 65 heavy (non-hydrogen) atoms. The Balaban J connectivity index is 1.01. The normalized spacial score (nSPS) is 12.3. The maximum atomic E-state index is 6.45. The van der Waals surface area contributed by atoms with E-state index in [9.17, 15) is 0 Å². The minimum Gasteiger partial charge on any atom is -0.455 e. The van der Waals surface area contributed by atoms with Gasteiger partial charge in [0.1, 0.15) is 11.2 Å². The smallest absolute Gasteiger partial charge is 0.143 e. The Labute approximate surface area is 373 Å². The van der Waals surface area contributed by atoms with E-state index in [0.717, 1.165) is 33.1 Å². The molecule has 0 N–H and O–H groups in total. The van der Waals surface area contributed by atoms with Gasteiger partial charge >= 0.3 is 0 Å². The average molecular weight is 821 g/mol. The molecule has 15 aromatic rings. The summed E-state index contributed by atoms with van der Waals surface area (Å²) in [4.78, 5) is 0. The predicted octanol–water partition coefficient (Wildman–Crippen LogP) is 18.4. The van der Waals surface area contributed by atoms with Gasteiger partial charge in [-0.05, 0) is 149 Å². The number of benzene rings is 12. The largest absolute Gasteiger partial charge is 0.455 e. The maximum absolute atomic E-state index is 6.45. The van der Waals surface area contributed by atoms with Gasteiger partial charge in [-0.2, -0.15) is 0 Å². The fraction of sp³-hybridized carbons (Fsp3) is 0. The summed E-state index contributed by atoms with van der Waals surface area (Å²) in [7, 11) is 0. The quantitative estimate of drug-likeness (QED) is 0.161. The Bertz CT molecular complexity index is 4440. The third kappa shape index (κ3) is 4.77. The van der Waals surface area contributed by atoms with Crippen LogP contribution in [0.5, 0.6) is 0 Å². The molecule has 0 aliphatic carbocycles. The van der Waals surface area contributed by atoms with Crippen molar-refractivity contribution in [3.63, 3.8) is 0 Å². The van der Waals surface area contributed by atoms with Crippen LogP contribution in [0.15, 0.2) is 223 Å². The Kier molecular flexibility index (Phi) is 7.01. The Morgan fingerprint density at radius 2 is 0.754 bits per heavy atom. The summed E-state index contributed by atoms with van der Waals surface area (Å²) in [6.45, 7) is 0. The van der Waals surface area contributed by atoms with Crippen LogP contribution in [0, 0.1) is 0 Å². The molecule has 0 saturated heterocycles. The zero-order valence-electron chi connectivity index (χ0n) is 35.2. The fourth-order valence-corrected chi connectivity index (χ4v) is 11.8. The van der Waals surface area contributed by atoms with Crippen LogP contribution in [0.4, 0.5) is 0 Å². The average Bonchev–Trinajstić information content (AvgIpc) is 4.03. The molecule has 1 nitrogen and oxygen atoms in total. The van der Waals surface area contributed by atoms with E-state index in [1.165, 1.54) is 120 Å². The lowest BCUT2D eigenvalue weighted by molar-refractivity contribution is 0.670. The lowest BCUT2D eigenvalue weighted by atomic mass is 9.84. The standard InChI is InChI=1S/C64H36O/c1-3-14-37(15-4-1)57-55-36-54-46-19-8-7-18-45(46)49-23-13-25-51(60(49)54)61(55)58(38-16-5-2-6-17-38)63-52-26-12-22-48-43(32-33-53(59(48)52)62(57)63)41-30-28-40-35-42(31-29-39(40)34-41)44-21-11-24-50-47-20-9-10-27-56(47)65-64(44)50/h1-36H. The van der Waals surface area contributed by atoms with E-state index < -0.39 is 0 Å².